The van der Waals surface area contributed by atoms with Gasteiger partial charge in [0.15, 0.2) is 0 Å². The lowest BCUT2D eigenvalue weighted by Crippen LogP contribution is -2.15. The Kier molecular flexibility index (Phi) is 2.46. The van der Waals surface area contributed by atoms with Crippen molar-refractivity contribution >= 4 is 0 Å². The van der Waals surface area contributed by atoms with Gasteiger partial charge in [-0.1, -0.05) is 0 Å². The van der Waals surface area contributed by atoms with Gasteiger partial charge in [-0.05, 0) is 39.0 Å². The van der Waals surface area contributed by atoms with Crippen molar-refractivity contribution in [3.05, 3.63) is 41.8 Å². The minimum absolute atomic E-state index is 0.279. The molecular formula is C12H17+. The van der Waals surface area contributed by atoms with E-state index in [4.69, 9.17) is 0 Å². The van der Waals surface area contributed by atoms with E-state index in [2.05, 4.69) is 58.0 Å². The highest BCUT2D eigenvalue weighted by Gasteiger charge is 2.27. The maximum atomic E-state index is 2.25. The van der Waals surface area contributed by atoms with Crippen molar-refractivity contribution < 1.29 is 0 Å². The van der Waals surface area contributed by atoms with Gasteiger partial charge >= 0.3 is 0 Å². The molecule has 1 aromatic carbocycles. The number of benzene rings is 1. The van der Waals surface area contributed by atoms with Crippen molar-refractivity contribution in [3.8, 4) is 0 Å². The summed E-state index contributed by atoms with van der Waals surface area (Å²) >= 11 is 0. The molecule has 0 nitrogen and oxygen atoms in total. The van der Waals surface area contributed by atoms with Gasteiger partial charge in [-0.3, -0.25) is 0 Å². The summed E-state index contributed by atoms with van der Waals surface area (Å²) in [5, 5.41) is 0. The van der Waals surface area contributed by atoms with E-state index in [9.17, 15) is 0 Å². The highest BCUT2D eigenvalue weighted by molar-refractivity contribution is 5.31. The molecular weight excluding hydrogens is 144 g/mol. The van der Waals surface area contributed by atoms with E-state index in [1.807, 2.05) is 0 Å². The van der Waals surface area contributed by atoms with Crippen molar-refractivity contribution in [1.82, 2.24) is 0 Å². The van der Waals surface area contributed by atoms with Crippen molar-refractivity contribution in [3.63, 3.8) is 0 Å². The summed E-state index contributed by atoms with van der Waals surface area (Å²) in [5.41, 5.74) is 1.63. The quantitative estimate of drug-likeness (QED) is 0.551. The molecule has 0 spiro atoms. The monoisotopic (exact) mass is 161 g/mol. The molecule has 1 aromatic rings. The van der Waals surface area contributed by atoms with Gasteiger partial charge in [-0.2, -0.15) is 0 Å². The van der Waals surface area contributed by atoms with Gasteiger partial charge in [0.2, 0.25) is 0 Å². The first-order valence-electron chi connectivity index (χ1n) is 4.41. The van der Waals surface area contributed by atoms with E-state index in [0.29, 0.717) is 0 Å². The van der Waals surface area contributed by atoms with Crippen molar-refractivity contribution in [2.75, 3.05) is 0 Å². The lowest BCUT2D eigenvalue weighted by atomic mass is 9.78. The van der Waals surface area contributed by atoms with Crippen molar-refractivity contribution in [1.29, 1.82) is 0 Å². The second-order valence-electron chi connectivity index (χ2n) is 4.24. The summed E-state index contributed by atoms with van der Waals surface area (Å²) < 4.78 is 0. The molecule has 0 aliphatic heterocycles. The normalized spacial score (nSPS) is 11.3. The maximum absolute atomic E-state index is 2.25. The third kappa shape index (κ3) is 2.04. The second-order valence-corrected chi connectivity index (χ2v) is 4.24. The Morgan fingerprint density at radius 3 is 1.92 bits per heavy atom. The zero-order valence-electron chi connectivity index (χ0n) is 8.39. The third-order valence-corrected chi connectivity index (χ3v) is 2.33. The van der Waals surface area contributed by atoms with E-state index < -0.39 is 0 Å². The Balaban J connectivity index is 2.86. The first-order valence-corrected chi connectivity index (χ1v) is 4.41. The standard InChI is InChI=1S/C12H17/c1-10(12(2,3)4)11-8-6-5-7-9-11/h5-9H,1-4H3/q+1. The molecule has 1 rings (SSSR count). The van der Waals surface area contributed by atoms with Crippen LogP contribution in [-0.2, 0) is 0 Å². The zero-order chi connectivity index (χ0) is 9.19. The largest absolute Gasteiger partial charge is 0.132 e. The topological polar surface area (TPSA) is 0 Å². The molecule has 0 fully saturated rings. The first-order chi connectivity index (χ1) is 5.52. The molecule has 12 heavy (non-hydrogen) atoms. The van der Waals surface area contributed by atoms with Gasteiger partial charge < -0.3 is 0 Å². The molecule has 0 aliphatic carbocycles. The molecule has 0 unspecified atom stereocenters. The molecule has 0 saturated heterocycles. The fourth-order valence-electron chi connectivity index (χ4n) is 1.12. The second kappa shape index (κ2) is 3.22. The average Bonchev–Trinajstić information content (AvgIpc) is 2.03. The van der Waals surface area contributed by atoms with Crippen LogP contribution in [0.1, 0.15) is 33.3 Å². The number of rotatable bonds is 1. The predicted octanol–water partition coefficient (Wildman–Crippen LogP) is 3.68. The molecule has 64 valence electrons. The van der Waals surface area contributed by atoms with Crippen LogP contribution in [0.25, 0.3) is 0 Å². The average molecular weight is 161 g/mol. The first kappa shape index (κ1) is 9.18. The molecule has 0 bridgehead atoms. The molecule has 0 heterocycles. The highest BCUT2D eigenvalue weighted by atomic mass is 14.3. The minimum Gasteiger partial charge on any atom is -0.0446 e. The van der Waals surface area contributed by atoms with E-state index in [1.165, 1.54) is 11.5 Å². The Morgan fingerprint density at radius 2 is 1.50 bits per heavy atom. The van der Waals surface area contributed by atoms with Crippen LogP contribution in [0.4, 0.5) is 0 Å². The van der Waals surface area contributed by atoms with Crippen LogP contribution in [0, 0.1) is 11.3 Å². The third-order valence-electron chi connectivity index (χ3n) is 2.33. The van der Waals surface area contributed by atoms with E-state index in [-0.39, 0.29) is 5.41 Å². The van der Waals surface area contributed by atoms with Gasteiger partial charge in [0.1, 0.15) is 5.56 Å². The van der Waals surface area contributed by atoms with Crippen LogP contribution < -0.4 is 0 Å². The highest BCUT2D eigenvalue weighted by Crippen LogP contribution is 2.32. The summed E-state index contributed by atoms with van der Waals surface area (Å²) in [7, 11) is 0. The van der Waals surface area contributed by atoms with Crippen LogP contribution in [0.5, 0.6) is 0 Å². The summed E-state index contributed by atoms with van der Waals surface area (Å²) in [6.45, 7) is 8.94. The Bertz CT molecular complexity index is 228. The summed E-state index contributed by atoms with van der Waals surface area (Å²) in [6.07, 6.45) is 0. The van der Waals surface area contributed by atoms with Crippen molar-refractivity contribution in [2.45, 2.75) is 27.7 Å². The molecule has 0 N–H and O–H groups in total. The number of hydrogen-bond acceptors (Lipinski definition) is 0. The summed E-state index contributed by atoms with van der Waals surface area (Å²) in [5.74, 6) is 1.45. The van der Waals surface area contributed by atoms with Gasteiger partial charge in [0.05, 0.1) is 0 Å². The maximum Gasteiger partial charge on any atom is 0.132 e. The zero-order valence-corrected chi connectivity index (χ0v) is 8.39. The Hall–Kier alpha value is -0.910. The summed E-state index contributed by atoms with van der Waals surface area (Å²) in [4.78, 5) is 0. The fourth-order valence-corrected chi connectivity index (χ4v) is 1.12. The van der Waals surface area contributed by atoms with Crippen LogP contribution in [0.2, 0.25) is 0 Å². The molecule has 0 radical (unpaired) electrons. The molecule has 0 atom stereocenters. The Morgan fingerprint density at radius 1 is 1.00 bits per heavy atom. The smallest absolute Gasteiger partial charge is 0.0446 e. The van der Waals surface area contributed by atoms with Gasteiger partial charge in [-0.15, -0.1) is 0 Å². The predicted molar refractivity (Wildman–Crippen MR) is 53.9 cm³/mol. The molecule has 0 saturated carbocycles. The Labute approximate surface area is 75.6 Å². The van der Waals surface area contributed by atoms with Crippen LogP contribution in [0.15, 0.2) is 30.3 Å². The molecule has 0 aliphatic rings. The lowest BCUT2D eigenvalue weighted by Gasteiger charge is -2.21. The van der Waals surface area contributed by atoms with Crippen molar-refractivity contribution in [2.24, 2.45) is 5.41 Å². The van der Waals surface area contributed by atoms with Gasteiger partial charge in [-0.25, -0.2) is 0 Å². The summed E-state index contributed by atoms with van der Waals surface area (Å²) in [6, 6.07) is 10.6. The van der Waals surface area contributed by atoms with Gasteiger partial charge in [0.25, 0.3) is 0 Å². The van der Waals surface area contributed by atoms with Crippen LogP contribution >= 0.6 is 0 Å². The SMILES string of the molecule is C[C+](c1ccccc1)C(C)(C)C. The molecule has 0 amide bonds. The molecule has 0 heteroatoms. The van der Waals surface area contributed by atoms with E-state index in [1.54, 1.807) is 0 Å². The van der Waals surface area contributed by atoms with E-state index in [0.717, 1.165) is 0 Å². The van der Waals surface area contributed by atoms with E-state index >= 15 is 0 Å². The van der Waals surface area contributed by atoms with Crippen LogP contribution in [-0.4, -0.2) is 0 Å². The van der Waals surface area contributed by atoms with Gasteiger partial charge in [0, 0.05) is 30.4 Å². The number of hydrogen-bond donors (Lipinski definition) is 0. The molecule has 0 aromatic heterocycles. The lowest BCUT2D eigenvalue weighted by molar-refractivity contribution is 0.451. The minimum atomic E-state index is 0.279. The fraction of sp³-hybridized carbons (Fsp3) is 0.417. The van der Waals surface area contributed by atoms with Crippen LogP contribution in [0.3, 0.4) is 0 Å².